The zero-order valence-electron chi connectivity index (χ0n) is 18.9. The van der Waals surface area contributed by atoms with E-state index >= 15 is 0 Å². The molecule has 1 saturated heterocycles. The van der Waals surface area contributed by atoms with Gasteiger partial charge in [-0.05, 0) is 23.3 Å². The van der Waals surface area contributed by atoms with E-state index in [4.69, 9.17) is 14.2 Å². The molecule has 1 amide bonds. The second kappa shape index (κ2) is 10.4. The molecule has 3 atom stereocenters. The van der Waals surface area contributed by atoms with Crippen molar-refractivity contribution in [2.75, 3.05) is 27.4 Å². The Hall–Kier alpha value is -3.76. The Morgan fingerprint density at radius 3 is 2.59 bits per heavy atom. The number of benzene rings is 2. The lowest BCUT2D eigenvalue weighted by Gasteiger charge is -2.35. The number of rotatable bonds is 8. The first kappa shape index (κ1) is 23.4. The van der Waals surface area contributed by atoms with Gasteiger partial charge in [-0.15, -0.1) is 5.10 Å². The number of aliphatic hydroxyl groups excluding tert-OH is 1. The zero-order valence-corrected chi connectivity index (χ0v) is 18.9. The maximum absolute atomic E-state index is 12.7. The number of hydrogen-bond acceptors (Lipinski definition) is 8. The first-order chi connectivity index (χ1) is 16.5. The zero-order chi connectivity index (χ0) is 24.1. The minimum Gasteiger partial charge on any atom is -0.497 e. The molecule has 3 aromatic rings. The predicted molar refractivity (Wildman–Crippen MR) is 120 cm³/mol. The van der Waals surface area contributed by atoms with E-state index in [0.717, 1.165) is 5.56 Å². The van der Waals surface area contributed by atoms with Gasteiger partial charge in [-0.1, -0.05) is 47.7 Å². The third kappa shape index (κ3) is 4.92. The normalized spacial score (nSPS) is 17.8. The third-order valence-electron chi connectivity index (χ3n) is 5.76. The standard InChI is InChI=1S/C24H26N4O6/c1-32-19-10-8-17(9-11-19)22(23(30)24(31)33-2)28-13-18(25-26-28)12-27-20(14-34-15-21(27)29)16-6-4-3-5-7-16/h3-11,13,20,22-23,30H,12,14-15H2,1-2H3/t20-,22-,23-/m0/s1. The number of methoxy groups -OCH3 is 2. The van der Waals surface area contributed by atoms with Gasteiger partial charge in [0.2, 0.25) is 5.91 Å². The summed E-state index contributed by atoms with van der Waals surface area (Å²) in [4.78, 5) is 26.5. The summed E-state index contributed by atoms with van der Waals surface area (Å²) in [6.45, 7) is 0.567. The largest absolute Gasteiger partial charge is 0.497 e. The molecule has 4 rings (SSSR count). The summed E-state index contributed by atoms with van der Waals surface area (Å²) in [5.74, 6) is -0.326. The van der Waals surface area contributed by atoms with Crippen LogP contribution in [0.1, 0.15) is 28.9 Å². The van der Waals surface area contributed by atoms with Gasteiger partial charge >= 0.3 is 5.97 Å². The van der Waals surface area contributed by atoms with Crippen molar-refractivity contribution in [3.63, 3.8) is 0 Å². The molecule has 1 aliphatic heterocycles. The molecule has 0 bridgehead atoms. The first-order valence-corrected chi connectivity index (χ1v) is 10.7. The number of nitrogens with zero attached hydrogens (tertiary/aromatic N) is 4. The number of esters is 1. The molecule has 178 valence electrons. The highest BCUT2D eigenvalue weighted by Gasteiger charge is 2.33. The van der Waals surface area contributed by atoms with Crippen LogP contribution in [0.3, 0.4) is 0 Å². The number of aromatic nitrogens is 3. The van der Waals surface area contributed by atoms with E-state index in [0.29, 0.717) is 23.6 Å². The van der Waals surface area contributed by atoms with Crippen LogP contribution in [0.2, 0.25) is 0 Å². The van der Waals surface area contributed by atoms with Crippen LogP contribution in [-0.2, 0) is 25.6 Å². The Morgan fingerprint density at radius 1 is 1.18 bits per heavy atom. The maximum Gasteiger partial charge on any atom is 0.337 e. The van der Waals surface area contributed by atoms with Gasteiger partial charge in [0.25, 0.3) is 0 Å². The van der Waals surface area contributed by atoms with E-state index in [1.54, 1.807) is 42.5 Å². The van der Waals surface area contributed by atoms with Gasteiger partial charge in [0.15, 0.2) is 6.10 Å². The molecule has 1 fully saturated rings. The number of aliphatic hydroxyl groups is 1. The lowest BCUT2D eigenvalue weighted by atomic mass is 10.0. The molecule has 0 radical (unpaired) electrons. The van der Waals surface area contributed by atoms with Gasteiger partial charge in [0.1, 0.15) is 24.1 Å². The van der Waals surface area contributed by atoms with Crippen molar-refractivity contribution < 1.29 is 28.9 Å². The lowest BCUT2D eigenvalue weighted by Crippen LogP contribution is -2.43. The summed E-state index contributed by atoms with van der Waals surface area (Å²) in [6, 6.07) is 15.4. The van der Waals surface area contributed by atoms with Crippen molar-refractivity contribution in [2.45, 2.75) is 24.7 Å². The monoisotopic (exact) mass is 466 g/mol. The molecule has 2 aromatic carbocycles. The van der Waals surface area contributed by atoms with Crippen LogP contribution in [0.5, 0.6) is 5.75 Å². The Morgan fingerprint density at radius 2 is 1.91 bits per heavy atom. The van der Waals surface area contributed by atoms with Gasteiger partial charge in [-0.2, -0.15) is 0 Å². The number of morpholine rings is 1. The van der Waals surface area contributed by atoms with Crippen molar-refractivity contribution in [1.29, 1.82) is 0 Å². The molecule has 1 N–H and O–H groups in total. The molecule has 0 unspecified atom stereocenters. The topological polar surface area (TPSA) is 116 Å². The second-order valence-corrected chi connectivity index (χ2v) is 7.84. The van der Waals surface area contributed by atoms with Gasteiger partial charge in [0, 0.05) is 0 Å². The molecule has 0 spiro atoms. The third-order valence-corrected chi connectivity index (χ3v) is 5.76. The summed E-state index contributed by atoms with van der Waals surface area (Å²) < 4.78 is 16.8. The predicted octanol–water partition coefficient (Wildman–Crippen LogP) is 1.51. The molecule has 1 aliphatic rings. The highest BCUT2D eigenvalue weighted by atomic mass is 16.5. The fraction of sp³-hybridized carbons (Fsp3) is 0.333. The molecule has 10 heteroatoms. The van der Waals surface area contributed by atoms with E-state index in [9.17, 15) is 14.7 Å². The van der Waals surface area contributed by atoms with Crippen molar-refractivity contribution in [3.8, 4) is 5.75 Å². The minimum atomic E-state index is -1.52. The number of carbonyl (C=O) groups is 2. The number of amides is 1. The van der Waals surface area contributed by atoms with E-state index < -0.39 is 18.1 Å². The van der Waals surface area contributed by atoms with Gasteiger partial charge in [0.05, 0.1) is 39.6 Å². The summed E-state index contributed by atoms with van der Waals surface area (Å²) in [6.07, 6.45) is 0.0984. The minimum absolute atomic E-state index is 0.00695. The lowest BCUT2D eigenvalue weighted by molar-refractivity contribution is -0.152. The number of hydrogen-bond donors (Lipinski definition) is 1. The fourth-order valence-corrected chi connectivity index (χ4v) is 3.98. The SMILES string of the molecule is COC(=O)[C@@H](O)[C@H](c1ccc(OC)cc1)n1cc(CN2C(=O)COC[C@H]2c2ccccc2)nn1. The van der Waals surface area contributed by atoms with Gasteiger partial charge in [-0.25, -0.2) is 9.48 Å². The van der Waals surface area contributed by atoms with Crippen LogP contribution in [0.15, 0.2) is 60.8 Å². The Labute approximate surface area is 196 Å². The number of carbonyl (C=O) groups excluding carboxylic acids is 2. The first-order valence-electron chi connectivity index (χ1n) is 10.7. The molecule has 0 saturated carbocycles. The quantitative estimate of drug-likeness (QED) is 0.497. The second-order valence-electron chi connectivity index (χ2n) is 7.84. The molecule has 2 heterocycles. The van der Waals surface area contributed by atoms with Crippen LogP contribution in [0, 0.1) is 0 Å². The highest BCUT2D eigenvalue weighted by molar-refractivity contribution is 5.78. The molecular formula is C24H26N4O6. The fourth-order valence-electron chi connectivity index (χ4n) is 3.98. The molecule has 0 aliphatic carbocycles. The van der Waals surface area contributed by atoms with E-state index in [1.807, 2.05) is 30.3 Å². The van der Waals surface area contributed by atoms with Crippen LogP contribution < -0.4 is 4.74 Å². The van der Waals surface area contributed by atoms with Crippen LogP contribution >= 0.6 is 0 Å². The maximum atomic E-state index is 12.7. The van der Waals surface area contributed by atoms with Gasteiger partial charge in [-0.3, -0.25) is 4.79 Å². The van der Waals surface area contributed by atoms with Crippen molar-refractivity contribution >= 4 is 11.9 Å². The van der Waals surface area contributed by atoms with E-state index in [1.165, 1.54) is 11.8 Å². The Kier molecular flexibility index (Phi) is 7.19. The molecule has 34 heavy (non-hydrogen) atoms. The van der Waals surface area contributed by atoms with E-state index in [-0.39, 0.29) is 25.1 Å². The van der Waals surface area contributed by atoms with Crippen molar-refractivity contribution in [1.82, 2.24) is 19.9 Å². The summed E-state index contributed by atoms with van der Waals surface area (Å²) >= 11 is 0. The van der Waals surface area contributed by atoms with E-state index in [2.05, 4.69) is 10.3 Å². The van der Waals surface area contributed by atoms with Crippen molar-refractivity contribution in [2.24, 2.45) is 0 Å². The van der Waals surface area contributed by atoms with Crippen LogP contribution in [0.4, 0.5) is 0 Å². The van der Waals surface area contributed by atoms with Crippen LogP contribution in [0.25, 0.3) is 0 Å². The summed E-state index contributed by atoms with van der Waals surface area (Å²) in [7, 11) is 2.76. The average Bonchev–Trinajstić information content (AvgIpc) is 3.33. The molecule has 1 aromatic heterocycles. The average molecular weight is 466 g/mol. The summed E-state index contributed by atoms with van der Waals surface area (Å²) in [5.41, 5.74) is 2.08. The number of ether oxygens (including phenoxy) is 3. The van der Waals surface area contributed by atoms with Crippen molar-refractivity contribution in [3.05, 3.63) is 77.6 Å². The Bertz CT molecular complexity index is 1120. The van der Waals surface area contributed by atoms with Crippen LogP contribution in [-0.4, -0.2) is 70.4 Å². The molecular weight excluding hydrogens is 440 g/mol. The highest BCUT2D eigenvalue weighted by Crippen LogP contribution is 2.28. The molecule has 10 nitrogen and oxygen atoms in total. The summed E-state index contributed by atoms with van der Waals surface area (Å²) in [5, 5.41) is 19.1. The Balaban J connectivity index is 1.62. The van der Waals surface area contributed by atoms with Gasteiger partial charge < -0.3 is 24.2 Å². The smallest absolute Gasteiger partial charge is 0.337 e.